The van der Waals surface area contributed by atoms with Gasteiger partial charge in [0.05, 0.1) is 0 Å². The fourth-order valence-corrected chi connectivity index (χ4v) is 3.08. The number of allylic oxidation sites excluding steroid dienone is 8. The third kappa shape index (κ3) is 15.8. The van der Waals surface area contributed by atoms with E-state index in [-0.39, 0.29) is 0 Å². The van der Waals surface area contributed by atoms with Gasteiger partial charge in [-0.2, -0.15) is 0 Å². The maximum Gasteiger partial charge on any atom is -0.0316 e. The summed E-state index contributed by atoms with van der Waals surface area (Å²) in [5, 5.41) is 0. The Labute approximate surface area is 151 Å². The lowest BCUT2D eigenvalue weighted by Crippen LogP contribution is -1.78. The van der Waals surface area contributed by atoms with Gasteiger partial charge in [0.2, 0.25) is 0 Å². The zero-order valence-electron chi connectivity index (χ0n) is 15.9. The Morgan fingerprint density at radius 1 is 0.208 bits per heavy atom. The van der Waals surface area contributed by atoms with Gasteiger partial charge in [0.15, 0.2) is 0 Å². The van der Waals surface area contributed by atoms with E-state index in [1.54, 1.807) is 0 Å². The van der Waals surface area contributed by atoms with Crippen LogP contribution >= 0.6 is 0 Å². The maximum absolute atomic E-state index is 2.39. The Morgan fingerprint density at radius 3 is 0.667 bits per heavy atom. The van der Waals surface area contributed by atoms with Gasteiger partial charge in [0, 0.05) is 0 Å². The minimum Gasteiger partial charge on any atom is -0.0885 e. The summed E-state index contributed by atoms with van der Waals surface area (Å²) in [7, 11) is 0. The van der Waals surface area contributed by atoms with Crippen molar-refractivity contribution >= 4 is 0 Å². The summed E-state index contributed by atoms with van der Waals surface area (Å²) < 4.78 is 0. The van der Waals surface area contributed by atoms with Crippen molar-refractivity contribution in [3.05, 3.63) is 48.6 Å². The van der Waals surface area contributed by atoms with Gasteiger partial charge in [-0.25, -0.2) is 0 Å². The molecular formula is C24H40. The Hall–Kier alpha value is -1.04. The number of hydrogen-bond acceptors (Lipinski definition) is 0. The van der Waals surface area contributed by atoms with Crippen LogP contribution < -0.4 is 0 Å². The zero-order chi connectivity index (χ0) is 17.0. The maximum atomic E-state index is 2.39. The molecule has 0 heterocycles. The van der Waals surface area contributed by atoms with Crippen LogP contribution in [0, 0.1) is 0 Å². The normalized spacial score (nSPS) is 26.7. The van der Waals surface area contributed by atoms with E-state index < -0.39 is 0 Å². The molecule has 0 atom stereocenters. The standard InChI is InChI=1S/C24H40/c1-2-4-6-8-10-12-14-16-18-20-22-24-23-21-19-17-15-13-11-9-7-5-3-1/h1-2,7,9,16,18,23-24H,3-6,8,10-15,17,19-22H2/b2-1-,9-7-,18-16-,24-23-. The first kappa shape index (κ1) is 21.0. The van der Waals surface area contributed by atoms with Crippen molar-refractivity contribution in [3.8, 4) is 0 Å². The highest BCUT2D eigenvalue weighted by molar-refractivity contribution is 4.89. The van der Waals surface area contributed by atoms with E-state index in [0.717, 1.165) is 0 Å². The van der Waals surface area contributed by atoms with Crippen molar-refractivity contribution in [3.63, 3.8) is 0 Å². The van der Waals surface area contributed by atoms with Gasteiger partial charge < -0.3 is 0 Å². The monoisotopic (exact) mass is 328 g/mol. The fraction of sp³-hybridized carbons (Fsp3) is 0.667. The molecule has 0 N–H and O–H groups in total. The summed E-state index contributed by atoms with van der Waals surface area (Å²) in [6, 6.07) is 0. The molecule has 136 valence electrons. The van der Waals surface area contributed by atoms with Crippen LogP contribution in [0.25, 0.3) is 0 Å². The zero-order valence-corrected chi connectivity index (χ0v) is 15.9. The van der Waals surface area contributed by atoms with E-state index in [1.807, 2.05) is 0 Å². The van der Waals surface area contributed by atoms with Gasteiger partial charge in [0.25, 0.3) is 0 Å². The fourth-order valence-electron chi connectivity index (χ4n) is 3.08. The minimum atomic E-state index is 1.22. The molecule has 0 spiro atoms. The molecule has 1 aliphatic rings. The van der Waals surface area contributed by atoms with Crippen molar-refractivity contribution in [1.29, 1.82) is 0 Å². The summed E-state index contributed by atoms with van der Waals surface area (Å²) in [6.07, 6.45) is 40.0. The van der Waals surface area contributed by atoms with E-state index >= 15 is 0 Å². The molecule has 1 aliphatic carbocycles. The topological polar surface area (TPSA) is 0 Å². The van der Waals surface area contributed by atoms with E-state index in [9.17, 15) is 0 Å². The Bertz CT molecular complexity index is 284. The van der Waals surface area contributed by atoms with Crippen LogP contribution in [0.15, 0.2) is 48.6 Å². The van der Waals surface area contributed by atoms with Crippen LogP contribution in [0.4, 0.5) is 0 Å². The van der Waals surface area contributed by atoms with Crippen LogP contribution in [0.5, 0.6) is 0 Å². The Kier molecular flexibility index (Phi) is 16.0. The first-order valence-electron chi connectivity index (χ1n) is 10.6. The van der Waals surface area contributed by atoms with Gasteiger partial charge in [-0.05, 0) is 77.0 Å². The van der Waals surface area contributed by atoms with E-state index in [0.29, 0.717) is 0 Å². The van der Waals surface area contributed by atoms with E-state index in [4.69, 9.17) is 0 Å². The van der Waals surface area contributed by atoms with Crippen LogP contribution in [0.3, 0.4) is 0 Å². The Morgan fingerprint density at radius 2 is 0.417 bits per heavy atom. The molecule has 0 fully saturated rings. The quantitative estimate of drug-likeness (QED) is 0.391. The molecule has 0 nitrogen and oxygen atoms in total. The highest BCUT2D eigenvalue weighted by Crippen LogP contribution is 2.09. The molecule has 0 saturated carbocycles. The van der Waals surface area contributed by atoms with Gasteiger partial charge in [0.1, 0.15) is 0 Å². The SMILES string of the molecule is C1=C\CCCCCC/C=C\CC/C=C\CCCCCC/C=C\CC/1. The molecule has 1 rings (SSSR count). The molecule has 0 unspecified atom stereocenters. The first-order valence-corrected chi connectivity index (χ1v) is 10.6. The Balaban J connectivity index is 2.18. The molecular weight excluding hydrogens is 288 g/mol. The van der Waals surface area contributed by atoms with Crippen LogP contribution in [-0.4, -0.2) is 0 Å². The molecule has 0 aromatic heterocycles. The summed E-state index contributed by atoms with van der Waals surface area (Å²) in [6.45, 7) is 0. The third-order valence-corrected chi connectivity index (χ3v) is 4.65. The van der Waals surface area contributed by atoms with Crippen molar-refractivity contribution in [2.75, 3.05) is 0 Å². The van der Waals surface area contributed by atoms with Crippen molar-refractivity contribution in [2.45, 2.75) is 103 Å². The van der Waals surface area contributed by atoms with Crippen LogP contribution in [0.2, 0.25) is 0 Å². The van der Waals surface area contributed by atoms with Crippen molar-refractivity contribution < 1.29 is 0 Å². The van der Waals surface area contributed by atoms with Gasteiger partial charge in [-0.15, -0.1) is 0 Å². The second kappa shape index (κ2) is 18.3. The van der Waals surface area contributed by atoms with Crippen molar-refractivity contribution in [1.82, 2.24) is 0 Å². The third-order valence-electron chi connectivity index (χ3n) is 4.65. The highest BCUT2D eigenvalue weighted by Gasteiger charge is 1.89. The molecule has 0 bridgehead atoms. The lowest BCUT2D eigenvalue weighted by atomic mass is 10.1. The first-order chi connectivity index (χ1) is 12.0. The molecule has 0 aromatic carbocycles. The average molecular weight is 329 g/mol. The molecule has 0 heteroatoms. The van der Waals surface area contributed by atoms with Gasteiger partial charge >= 0.3 is 0 Å². The van der Waals surface area contributed by atoms with Gasteiger partial charge in [-0.1, -0.05) is 74.3 Å². The largest absolute Gasteiger partial charge is 0.0885 e. The summed E-state index contributed by atoms with van der Waals surface area (Å²) in [5.74, 6) is 0. The number of rotatable bonds is 0. The van der Waals surface area contributed by atoms with E-state index in [1.165, 1.54) is 103 Å². The van der Waals surface area contributed by atoms with Gasteiger partial charge in [-0.3, -0.25) is 0 Å². The lowest BCUT2D eigenvalue weighted by Gasteiger charge is -1.98. The molecule has 0 saturated heterocycles. The van der Waals surface area contributed by atoms with Crippen LogP contribution in [0.1, 0.15) is 103 Å². The number of hydrogen-bond donors (Lipinski definition) is 0. The molecule has 0 radical (unpaired) electrons. The van der Waals surface area contributed by atoms with Crippen molar-refractivity contribution in [2.24, 2.45) is 0 Å². The summed E-state index contributed by atoms with van der Waals surface area (Å²) in [4.78, 5) is 0. The summed E-state index contributed by atoms with van der Waals surface area (Å²) >= 11 is 0. The highest BCUT2D eigenvalue weighted by atomic mass is 14.0. The second-order valence-corrected chi connectivity index (χ2v) is 7.02. The lowest BCUT2D eigenvalue weighted by molar-refractivity contribution is 0.650. The predicted molar refractivity (Wildman–Crippen MR) is 110 cm³/mol. The molecule has 24 heavy (non-hydrogen) atoms. The second-order valence-electron chi connectivity index (χ2n) is 7.02. The van der Waals surface area contributed by atoms with E-state index in [2.05, 4.69) is 48.6 Å². The predicted octanol–water partition coefficient (Wildman–Crippen LogP) is 8.47. The smallest absolute Gasteiger partial charge is 0.0316 e. The average Bonchev–Trinajstić information content (AvgIpc) is 2.59. The minimum absolute atomic E-state index is 1.22. The van der Waals surface area contributed by atoms with Crippen LogP contribution in [-0.2, 0) is 0 Å². The molecule has 0 aromatic rings. The molecule has 0 aliphatic heterocycles. The summed E-state index contributed by atoms with van der Waals surface area (Å²) in [5.41, 5.74) is 0. The molecule has 0 amide bonds.